The van der Waals surface area contributed by atoms with E-state index in [1.54, 1.807) is 0 Å². The number of ether oxygens (including phenoxy) is 1. The van der Waals surface area contributed by atoms with Crippen LogP contribution >= 0.6 is 0 Å². The number of aromatic nitrogens is 1. The molecular weight excluding hydrogens is 376 g/mol. The molecule has 0 atom stereocenters. The van der Waals surface area contributed by atoms with E-state index in [1.807, 2.05) is 42.6 Å². The number of anilines is 1. The quantitative estimate of drug-likeness (QED) is 0.353. The highest BCUT2D eigenvalue weighted by molar-refractivity contribution is 6.74. The number of pyridine rings is 1. The molecule has 4 nitrogen and oxygen atoms in total. The number of nitrogens with one attached hydrogen (secondary N) is 1. The van der Waals surface area contributed by atoms with E-state index in [0.29, 0.717) is 13.2 Å². The van der Waals surface area contributed by atoms with Crippen molar-refractivity contribution in [1.29, 1.82) is 0 Å². The van der Waals surface area contributed by atoms with E-state index < -0.39 is 8.32 Å². The van der Waals surface area contributed by atoms with E-state index in [-0.39, 0.29) is 5.04 Å². The SMILES string of the molecule is CC(C)(C)[Si](C)(C)OCCNc1cnc2ccc(OCc3ccccc3)cc2c1. The maximum atomic E-state index is 6.23. The molecule has 0 saturated heterocycles. The van der Waals surface area contributed by atoms with E-state index in [9.17, 15) is 0 Å². The Kier molecular flexibility index (Phi) is 6.60. The van der Waals surface area contributed by atoms with Crippen molar-refractivity contribution in [2.24, 2.45) is 0 Å². The average Bonchev–Trinajstić information content (AvgIpc) is 2.69. The maximum Gasteiger partial charge on any atom is 0.192 e. The van der Waals surface area contributed by atoms with Crippen LogP contribution < -0.4 is 10.1 Å². The summed E-state index contributed by atoms with van der Waals surface area (Å²) < 4.78 is 12.2. The summed E-state index contributed by atoms with van der Waals surface area (Å²) in [6, 6.07) is 18.3. The Morgan fingerprint density at radius 3 is 2.48 bits per heavy atom. The third-order valence-corrected chi connectivity index (χ3v) is 10.1. The summed E-state index contributed by atoms with van der Waals surface area (Å²) in [7, 11) is -1.70. The molecule has 0 aliphatic rings. The molecule has 0 spiro atoms. The highest BCUT2D eigenvalue weighted by Crippen LogP contribution is 2.36. The van der Waals surface area contributed by atoms with Crippen molar-refractivity contribution in [3.63, 3.8) is 0 Å². The van der Waals surface area contributed by atoms with Gasteiger partial charge >= 0.3 is 0 Å². The van der Waals surface area contributed by atoms with E-state index in [0.717, 1.165) is 34.4 Å². The minimum absolute atomic E-state index is 0.230. The van der Waals surface area contributed by atoms with Crippen molar-refractivity contribution in [2.45, 2.75) is 45.5 Å². The molecule has 0 fully saturated rings. The molecule has 5 heteroatoms. The van der Waals surface area contributed by atoms with Gasteiger partial charge in [-0.15, -0.1) is 0 Å². The van der Waals surface area contributed by atoms with Gasteiger partial charge in [-0.1, -0.05) is 51.1 Å². The fourth-order valence-corrected chi connectivity index (χ4v) is 3.80. The Balaban J connectivity index is 1.58. The fraction of sp³-hybridized carbons (Fsp3) is 0.375. The molecular formula is C24H32N2O2Si. The highest BCUT2D eigenvalue weighted by atomic mass is 28.4. The lowest BCUT2D eigenvalue weighted by atomic mass is 10.2. The third kappa shape index (κ3) is 5.81. The van der Waals surface area contributed by atoms with E-state index in [2.05, 4.69) is 62.4 Å². The zero-order valence-corrected chi connectivity index (χ0v) is 19.2. The van der Waals surface area contributed by atoms with Crippen molar-refractivity contribution >= 4 is 24.9 Å². The van der Waals surface area contributed by atoms with Crippen LogP contribution in [0.3, 0.4) is 0 Å². The van der Waals surface area contributed by atoms with Crippen LogP contribution in [0.4, 0.5) is 5.69 Å². The molecule has 29 heavy (non-hydrogen) atoms. The summed E-state index contributed by atoms with van der Waals surface area (Å²) in [5.74, 6) is 0.849. The van der Waals surface area contributed by atoms with Crippen molar-refractivity contribution in [2.75, 3.05) is 18.5 Å². The fourth-order valence-electron chi connectivity index (χ4n) is 2.76. The van der Waals surface area contributed by atoms with Gasteiger partial charge in [-0.25, -0.2) is 0 Å². The molecule has 0 aliphatic carbocycles. The first-order valence-electron chi connectivity index (χ1n) is 10.2. The topological polar surface area (TPSA) is 43.4 Å². The van der Waals surface area contributed by atoms with Crippen molar-refractivity contribution in [3.8, 4) is 5.75 Å². The van der Waals surface area contributed by atoms with Gasteiger partial charge in [0.25, 0.3) is 0 Å². The normalized spacial score (nSPS) is 12.2. The molecule has 3 rings (SSSR count). The van der Waals surface area contributed by atoms with Crippen LogP contribution in [-0.2, 0) is 11.0 Å². The summed E-state index contributed by atoms with van der Waals surface area (Å²) >= 11 is 0. The largest absolute Gasteiger partial charge is 0.489 e. The number of benzene rings is 2. The van der Waals surface area contributed by atoms with E-state index >= 15 is 0 Å². The first-order valence-corrected chi connectivity index (χ1v) is 13.1. The van der Waals surface area contributed by atoms with Gasteiger partial charge < -0.3 is 14.5 Å². The highest BCUT2D eigenvalue weighted by Gasteiger charge is 2.36. The van der Waals surface area contributed by atoms with E-state index in [1.165, 1.54) is 0 Å². The molecule has 3 aromatic rings. The molecule has 1 N–H and O–H groups in total. The summed E-state index contributed by atoms with van der Waals surface area (Å²) in [6.07, 6.45) is 1.87. The predicted molar refractivity (Wildman–Crippen MR) is 124 cm³/mol. The number of fused-ring (bicyclic) bond motifs is 1. The zero-order valence-electron chi connectivity index (χ0n) is 18.2. The predicted octanol–water partition coefficient (Wildman–Crippen LogP) is 6.25. The summed E-state index contributed by atoms with van der Waals surface area (Å²) in [4.78, 5) is 4.56. The number of nitrogens with zero attached hydrogens (tertiary/aromatic N) is 1. The van der Waals surface area contributed by atoms with Crippen LogP contribution in [0.15, 0.2) is 60.8 Å². The second-order valence-electron chi connectivity index (χ2n) is 8.89. The van der Waals surface area contributed by atoms with Crippen LogP contribution in [0.1, 0.15) is 26.3 Å². The molecule has 0 radical (unpaired) electrons. The molecule has 154 valence electrons. The Hall–Kier alpha value is -2.37. The lowest BCUT2D eigenvalue weighted by molar-refractivity contribution is 0.301. The van der Waals surface area contributed by atoms with Crippen LogP contribution in [0.2, 0.25) is 18.1 Å². The first-order chi connectivity index (χ1) is 13.7. The van der Waals surface area contributed by atoms with Gasteiger partial charge in [0.2, 0.25) is 0 Å². The summed E-state index contributed by atoms with van der Waals surface area (Å²) in [6.45, 7) is 13.4. The molecule has 0 aliphatic heterocycles. The van der Waals surface area contributed by atoms with Gasteiger partial charge in [0.15, 0.2) is 8.32 Å². The average molecular weight is 409 g/mol. The lowest BCUT2D eigenvalue weighted by Crippen LogP contribution is -2.41. The van der Waals surface area contributed by atoms with Gasteiger partial charge in [-0.2, -0.15) is 0 Å². The molecule has 0 unspecified atom stereocenters. The summed E-state index contributed by atoms with van der Waals surface area (Å²) in [5.41, 5.74) is 3.11. The molecule has 0 saturated carbocycles. The Bertz CT molecular complexity index is 937. The van der Waals surface area contributed by atoms with Gasteiger partial charge in [0, 0.05) is 11.9 Å². The van der Waals surface area contributed by atoms with Gasteiger partial charge in [-0.3, -0.25) is 4.98 Å². The zero-order chi connectivity index (χ0) is 20.9. The lowest BCUT2D eigenvalue weighted by Gasteiger charge is -2.36. The Labute approximate surface area is 175 Å². The maximum absolute atomic E-state index is 6.23. The molecule has 2 aromatic carbocycles. The molecule has 1 heterocycles. The van der Waals surface area contributed by atoms with E-state index in [4.69, 9.17) is 9.16 Å². The van der Waals surface area contributed by atoms with Crippen molar-refractivity contribution in [1.82, 2.24) is 4.98 Å². The Morgan fingerprint density at radius 1 is 1.00 bits per heavy atom. The third-order valence-electron chi connectivity index (χ3n) is 5.60. The van der Waals surface area contributed by atoms with Crippen LogP contribution in [0, 0.1) is 0 Å². The van der Waals surface area contributed by atoms with Gasteiger partial charge in [0.05, 0.1) is 24.0 Å². The second kappa shape index (κ2) is 8.97. The number of hydrogen-bond donors (Lipinski definition) is 1. The molecule has 0 bridgehead atoms. The minimum atomic E-state index is -1.70. The monoisotopic (exact) mass is 408 g/mol. The minimum Gasteiger partial charge on any atom is -0.489 e. The van der Waals surface area contributed by atoms with Gasteiger partial charge in [-0.05, 0) is 48.0 Å². The van der Waals surface area contributed by atoms with Crippen LogP contribution in [0.5, 0.6) is 5.75 Å². The van der Waals surface area contributed by atoms with Crippen molar-refractivity contribution in [3.05, 3.63) is 66.4 Å². The smallest absolute Gasteiger partial charge is 0.192 e. The van der Waals surface area contributed by atoms with Crippen LogP contribution in [0.25, 0.3) is 10.9 Å². The first kappa shape index (κ1) is 21.3. The second-order valence-corrected chi connectivity index (χ2v) is 13.7. The molecule has 0 amide bonds. The Morgan fingerprint density at radius 2 is 1.76 bits per heavy atom. The number of rotatable bonds is 8. The molecule has 1 aromatic heterocycles. The van der Waals surface area contributed by atoms with Crippen LogP contribution in [-0.4, -0.2) is 26.5 Å². The number of hydrogen-bond acceptors (Lipinski definition) is 4. The summed E-state index contributed by atoms with van der Waals surface area (Å²) in [5, 5.41) is 4.72. The van der Waals surface area contributed by atoms with Crippen molar-refractivity contribution < 1.29 is 9.16 Å². The standard InChI is InChI=1S/C24H32N2O2Si/c1-24(2,3)29(4,5)28-14-13-25-21-15-20-16-22(11-12-23(20)26-17-21)27-18-19-9-7-6-8-10-19/h6-12,15-17,25H,13-14,18H2,1-5H3. The van der Waals surface area contributed by atoms with Gasteiger partial charge in [0.1, 0.15) is 12.4 Å².